The van der Waals surface area contributed by atoms with Gasteiger partial charge in [0, 0.05) is 6.42 Å². The van der Waals surface area contributed by atoms with E-state index in [9.17, 15) is 9.59 Å². The molecule has 0 aromatic carbocycles. The number of rotatable bonds is 0. The molecular formula is C9H15NO3. The van der Waals surface area contributed by atoms with E-state index in [-0.39, 0.29) is 30.8 Å². The second kappa shape index (κ2) is 3.36. The molecule has 1 N–H and O–H groups in total. The zero-order chi connectivity index (χ0) is 10.1. The summed E-state index contributed by atoms with van der Waals surface area (Å²) in [5.74, 6) is -0.715. The van der Waals surface area contributed by atoms with Crippen LogP contribution in [-0.2, 0) is 14.3 Å². The Bertz CT molecular complexity index is 235. The van der Waals surface area contributed by atoms with Crippen LogP contribution in [0.1, 0.15) is 27.2 Å². The van der Waals surface area contributed by atoms with Gasteiger partial charge in [0.05, 0.1) is 11.5 Å². The van der Waals surface area contributed by atoms with Gasteiger partial charge in [0.15, 0.2) is 0 Å². The number of carbonyl (C=O) groups is 2. The molecule has 0 saturated carbocycles. The van der Waals surface area contributed by atoms with Crippen molar-refractivity contribution >= 4 is 11.9 Å². The molecule has 1 fully saturated rings. The first-order valence-electron chi connectivity index (χ1n) is 4.38. The molecule has 1 unspecified atom stereocenters. The summed E-state index contributed by atoms with van der Waals surface area (Å²) in [6.07, 6.45) is 0.211. The van der Waals surface area contributed by atoms with Crippen molar-refractivity contribution in [3.05, 3.63) is 0 Å². The minimum atomic E-state index is -0.452. The van der Waals surface area contributed by atoms with Crippen LogP contribution in [0.2, 0.25) is 0 Å². The fraction of sp³-hybridized carbons (Fsp3) is 0.778. The van der Waals surface area contributed by atoms with Crippen LogP contribution >= 0.6 is 0 Å². The van der Waals surface area contributed by atoms with Crippen LogP contribution < -0.4 is 5.32 Å². The predicted octanol–water partition coefficient (Wildman–Crippen LogP) is 0.464. The number of carbonyl (C=O) groups excluding carboxylic acids is 2. The highest BCUT2D eigenvalue weighted by atomic mass is 16.5. The lowest BCUT2D eigenvalue weighted by atomic mass is 10.0. The Labute approximate surface area is 77.6 Å². The highest BCUT2D eigenvalue weighted by Crippen LogP contribution is 2.13. The fourth-order valence-corrected chi connectivity index (χ4v) is 1.22. The third-order valence-electron chi connectivity index (χ3n) is 1.95. The average molecular weight is 185 g/mol. The highest BCUT2D eigenvalue weighted by molar-refractivity contribution is 5.84. The molecule has 1 aliphatic heterocycles. The standard InChI is InChI=1S/C9H15NO3/c1-6-4-7(11)10-9(2,3)5-13-8(6)12/h6H,4-5H2,1-3H3,(H,10,11). The van der Waals surface area contributed by atoms with Crippen molar-refractivity contribution < 1.29 is 14.3 Å². The molecule has 0 bridgehead atoms. The molecule has 4 nitrogen and oxygen atoms in total. The van der Waals surface area contributed by atoms with Crippen molar-refractivity contribution in [1.29, 1.82) is 0 Å². The SMILES string of the molecule is CC1CC(=O)NC(C)(C)COC1=O. The second-order valence-corrected chi connectivity index (χ2v) is 4.14. The molecule has 1 saturated heterocycles. The summed E-state index contributed by atoms with van der Waals surface area (Å²) in [5.41, 5.74) is -0.452. The van der Waals surface area contributed by atoms with Crippen molar-refractivity contribution in [3.8, 4) is 0 Å². The monoisotopic (exact) mass is 185 g/mol. The van der Waals surface area contributed by atoms with Gasteiger partial charge in [0.2, 0.25) is 5.91 Å². The second-order valence-electron chi connectivity index (χ2n) is 4.14. The third kappa shape index (κ3) is 2.72. The van der Waals surface area contributed by atoms with Gasteiger partial charge in [-0.25, -0.2) is 0 Å². The van der Waals surface area contributed by atoms with Crippen LogP contribution in [0.15, 0.2) is 0 Å². The maximum Gasteiger partial charge on any atom is 0.309 e. The Hall–Kier alpha value is -1.06. The molecule has 13 heavy (non-hydrogen) atoms. The van der Waals surface area contributed by atoms with E-state index in [1.54, 1.807) is 6.92 Å². The Balaban J connectivity index is 2.70. The quantitative estimate of drug-likeness (QED) is 0.558. The van der Waals surface area contributed by atoms with Gasteiger partial charge in [-0.15, -0.1) is 0 Å². The first kappa shape index (κ1) is 10.0. The van der Waals surface area contributed by atoms with Gasteiger partial charge in [-0.2, -0.15) is 0 Å². The van der Waals surface area contributed by atoms with E-state index < -0.39 is 5.54 Å². The number of hydrogen-bond acceptors (Lipinski definition) is 3. The summed E-state index contributed by atoms with van der Waals surface area (Å²) in [6.45, 7) is 5.59. The van der Waals surface area contributed by atoms with Crippen LogP contribution in [-0.4, -0.2) is 24.0 Å². The average Bonchev–Trinajstić information content (AvgIpc) is 1.97. The molecule has 0 radical (unpaired) electrons. The topological polar surface area (TPSA) is 55.4 Å². The third-order valence-corrected chi connectivity index (χ3v) is 1.95. The van der Waals surface area contributed by atoms with E-state index >= 15 is 0 Å². The zero-order valence-electron chi connectivity index (χ0n) is 8.22. The smallest absolute Gasteiger partial charge is 0.309 e. The number of amides is 1. The summed E-state index contributed by atoms with van der Waals surface area (Å²) in [7, 11) is 0. The van der Waals surface area contributed by atoms with Gasteiger partial charge < -0.3 is 10.1 Å². The van der Waals surface area contributed by atoms with Gasteiger partial charge in [-0.3, -0.25) is 9.59 Å². The Morgan fingerprint density at radius 2 is 2.08 bits per heavy atom. The van der Waals surface area contributed by atoms with Crippen molar-refractivity contribution in [2.24, 2.45) is 5.92 Å². The van der Waals surface area contributed by atoms with Crippen LogP contribution in [0.25, 0.3) is 0 Å². The largest absolute Gasteiger partial charge is 0.463 e. The molecule has 1 amide bonds. The van der Waals surface area contributed by atoms with Gasteiger partial charge in [-0.1, -0.05) is 6.92 Å². The van der Waals surface area contributed by atoms with Crippen molar-refractivity contribution in [2.75, 3.05) is 6.61 Å². The van der Waals surface area contributed by atoms with E-state index in [0.29, 0.717) is 0 Å². The minimum absolute atomic E-state index is 0.0887. The molecule has 0 aromatic heterocycles. The molecule has 74 valence electrons. The summed E-state index contributed by atoms with van der Waals surface area (Å²) < 4.78 is 5.01. The first-order valence-corrected chi connectivity index (χ1v) is 4.38. The number of cyclic esters (lactones) is 1. The zero-order valence-corrected chi connectivity index (χ0v) is 8.22. The maximum absolute atomic E-state index is 11.3. The maximum atomic E-state index is 11.3. The van der Waals surface area contributed by atoms with E-state index in [1.807, 2.05) is 13.8 Å². The van der Waals surface area contributed by atoms with Crippen LogP contribution in [0, 0.1) is 5.92 Å². The summed E-state index contributed by atoms with van der Waals surface area (Å²) in [6, 6.07) is 0. The molecule has 1 aliphatic rings. The Morgan fingerprint density at radius 1 is 1.46 bits per heavy atom. The predicted molar refractivity (Wildman–Crippen MR) is 47.0 cm³/mol. The minimum Gasteiger partial charge on any atom is -0.463 e. The van der Waals surface area contributed by atoms with E-state index in [1.165, 1.54) is 0 Å². The Morgan fingerprint density at radius 3 is 2.69 bits per heavy atom. The highest BCUT2D eigenvalue weighted by Gasteiger charge is 2.29. The van der Waals surface area contributed by atoms with E-state index in [4.69, 9.17) is 4.74 Å². The van der Waals surface area contributed by atoms with Gasteiger partial charge in [0.1, 0.15) is 6.61 Å². The van der Waals surface area contributed by atoms with E-state index in [2.05, 4.69) is 5.32 Å². The summed E-state index contributed by atoms with van der Waals surface area (Å²) in [4.78, 5) is 22.5. The Kier molecular flexibility index (Phi) is 2.59. The number of hydrogen-bond donors (Lipinski definition) is 1. The van der Waals surface area contributed by atoms with Gasteiger partial charge in [-0.05, 0) is 13.8 Å². The van der Waals surface area contributed by atoms with Crippen molar-refractivity contribution in [1.82, 2.24) is 5.32 Å². The molecule has 1 rings (SSSR count). The number of nitrogens with one attached hydrogen (secondary N) is 1. The molecule has 0 aliphatic carbocycles. The molecular weight excluding hydrogens is 170 g/mol. The number of esters is 1. The van der Waals surface area contributed by atoms with E-state index in [0.717, 1.165) is 0 Å². The summed E-state index contributed by atoms with van der Waals surface area (Å²) in [5, 5.41) is 2.79. The van der Waals surface area contributed by atoms with Crippen LogP contribution in [0.4, 0.5) is 0 Å². The van der Waals surface area contributed by atoms with Crippen molar-refractivity contribution in [3.63, 3.8) is 0 Å². The van der Waals surface area contributed by atoms with Crippen molar-refractivity contribution in [2.45, 2.75) is 32.7 Å². The molecule has 4 heteroatoms. The number of ether oxygens (including phenoxy) is 1. The lowest BCUT2D eigenvalue weighted by molar-refractivity contribution is -0.154. The lowest BCUT2D eigenvalue weighted by Gasteiger charge is -2.29. The molecule has 1 heterocycles. The molecule has 0 spiro atoms. The van der Waals surface area contributed by atoms with Gasteiger partial charge >= 0.3 is 5.97 Å². The normalized spacial score (nSPS) is 28.4. The van der Waals surface area contributed by atoms with Crippen LogP contribution in [0.3, 0.4) is 0 Å². The van der Waals surface area contributed by atoms with Crippen LogP contribution in [0.5, 0.6) is 0 Å². The molecule has 1 atom stereocenters. The first-order chi connectivity index (χ1) is 5.91. The lowest BCUT2D eigenvalue weighted by Crippen LogP contribution is -2.50. The molecule has 0 aromatic rings. The fourth-order valence-electron chi connectivity index (χ4n) is 1.22. The van der Waals surface area contributed by atoms with Gasteiger partial charge in [0.25, 0.3) is 0 Å². The summed E-state index contributed by atoms with van der Waals surface area (Å²) >= 11 is 0.